The van der Waals surface area contributed by atoms with Crippen LogP contribution in [0.4, 0.5) is 11.5 Å². The molecule has 0 aliphatic rings. The number of aromatic nitrogens is 3. The fourth-order valence-corrected chi connectivity index (χ4v) is 3.50. The van der Waals surface area contributed by atoms with E-state index in [4.69, 9.17) is 5.26 Å². The number of carbonyl (C=O) groups excluding carboxylic acids is 1. The Labute approximate surface area is 180 Å². The first-order valence-corrected chi connectivity index (χ1v) is 9.90. The van der Waals surface area contributed by atoms with Gasteiger partial charge in [-0.3, -0.25) is 4.79 Å². The lowest BCUT2D eigenvalue weighted by Gasteiger charge is -2.26. The van der Waals surface area contributed by atoms with Crippen molar-refractivity contribution < 1.29 is 4.79 Å². The van der Waals surface area contributed by atoms with Crippen molar-refractivity contribution in [2.24, 2.45) is 0 Å². The molecular formula is C24H22N6O. The lowest BCUT2D eigenvalue weighted by atomic mass is 10.0. The van der Waals surface area contributed by atoms with Gasteiger partial charge in [-0.1, -0.05) is 12.1 Å². The largest absolute Gasteiger partial charge is 0.353 e. The predicted molar refractivity (Wildman–Crippen MR) is 121 cm³/mol. The zero-order valence-corrected chi connectivity index (χ0v) is 17.6. The van der Waals surface area contributed by atoms with Gasteiger partial charge in [0.2, 0.25) is 5.91 Å². The molecule has 3 heterocycles. The Morgan fingerprint density at radius 3 is 2.58 bits per heavy atom. The third-order valence-electron chi connectivity index (χ3n) is 5.36. The fourth-order valence-electron chi connectivity index (χ4n) is 3.50. The number of pyridine rings is 2. The molecule has 7 nitrogen and oxygen atoms in total. The molecule has 7 heteroatoms. The molecule has 0 spiro atoms. The highest BCUT2D eigenvalue weighted by Gasteiger charge is 2.16. The SMILES string of the molecule is CC(=O)Nc1ccc(-c2cnn3ccc(C(C)N(C)c4ccc(C#N)cn4)cc23)cc1. The fraction of sp³-hybridized carbons (Fsp3) is 0.167. The van der Waals surface area contributed by atoms with Crippen LogP contribution in [-0.2, 0) is 4.79 Å². The minimum absolute atomic E-state index is 0.0651. The molecule has 0 saturated carbocycles. The van der Waals surface area contributed by atoms with Crippen molar-refractivity contribution in [2.75, 3.05) is 17.3 Å². The van der Waals surface area contributed by atoms with E-state index in [9.17, 15) is 4.79 Å². The summed E-state index contributed by atoms with van der Waals surface area (Å²) in [5.41, 5.74) is 5.47. The average molecular weight is 410 g/mol. The summed E-state index contributed by atoms with van der Waals surface area (Å²) < 4.78 is 1.85. The zero-order valence-electron chi connectivity index (χ0n) is 17.6. The Hall–Kier alpha value is -4.18. The van der Waals surface area contributed by atoms with Crippen LogP contribution in [0.1, 0.15) is 31.0 Å². The molecule has 1 atom stereocenters. The number of anilines is 2. The highest BCUT2D eigenvalue weighted by atomic mass is 16.1. The standard InChI is InChI=1S/C24H22N6O/c1-16(29(3)24-9-4-18(13-25)14-26-24)20-10-11-30-23(12-20)22(15-27-30)19-5-7-21(8-6-19)28-17(2)31/h4-12,14-16H,1-3H3,(H,28,31). The third kappa shape index (κ3) is 4.09. The normalized spacial score (nSPS) is 11.7. The number of rotatable bonds is 5. The Balaban J connectivity index is 1.64. The van der Waals surface area contributed by atoms with Crippen LogP contribution in [0.15, 0.2) is 67.1 Å². The number of amides is 1. The second-order valence-corrected chi connectivity index (χ2v) is 7.41. The van der Waals surface area contributed by atoms with Crippen molar-refractivity contribution in [3.05, 3.63) is 78.2 Å². The van der Waals surface area contributed by atoms with E-state index >= 15 is 0 Å². The average Bonchev–Trinajstić information content (AvgIpc) is 3.21. The number of nitriles is 1. The van der Waals surface area contributed by atoms with E-state index in [-0.39, 0.29) is 11.9 Å². The molecule has 3 aromatic heterocycles. The van der Waals surface area contributed by atoms with Crippen molar-refractivity contribution >= 4 is 22.9 Å². The smallest absolute Gasteiger partial charge is 0.221 e. The maximum absolute atomic E-state index is 11.2. The molecule has 4 aromatic rings. The second-order valence-electron chi connectivity index (χ2n) is 7.41. The quantitative estimate of drug-likeness (QED) is 0.526. The summed E-state index contributed by atoms with van der Waals surface area (Å²) in [5, 5.41) is 16.2. The van der Waals surface area contributed by atoms with E-state index in [1.165, 1.54) is 6.92 Å². The van der Waals surface area contributed by atoms with Crippen molar-refractivity contribution in [1.29, 1.82) is 5.26 Å². The maximum Gasteiger partial charge on any atom is 0.221 e. The van der Waals surface area contributed by atoms with Crippen LogP contribution < -0.4 is 10.2 Å². The van der Waals surface area contributed by atoms with Gasteiger partial charge in [0.05, 0.1) is 23.3 Å². The summed E-state index contributed by atoms with van der Waals surface area (Å²) in [4.78, 5) is 17.7. The van der Waals surface area contributed by atoms with Gasteiger partial charge in [0.15, 0.2) is 0 Å². The molecule has 0 fully saturated rings. The van der Waals surface area contributed by atoms with Crippen LogP contribution in [-0.4, -0.2) is 27.6 Å². The van der Waals surface area contributed by atoms with Crippen molar-refractivity contribution in [1.82, 2.24) is 14.6 Å². The highest BCUT2D eigenvalue weighted by molar-refractivity contribution is 5.89. The molecule has 1 aromatic carbocycles. The number of hydrogen-bond donors (Lipinski definition) is 1. The van der Waals surface area contributed by atoms with E-state index in [1.807, 2.05) is 54.3 Å². The highest BCUT2D eigenvalue weighted by Crippen LogP contribution is 2.30. The number of hydrogen-bond acceptors (Lipinski definition) is 5. The first kappa shape index (κ1) is 20.1. The van der Waals surface area contributed by atoms with Gasteiger partial charge < -0.3 is 10.2 Å². The summed E-state index contributed by atoms with van der Waals surface area (Å²) in [7, 11) is 1.99. The van der Waals surface area contributed by atoms with Crippen LogP contribution in [0.5, 0.6) is 0 Å². The van der Waals surface area contributed by atoms with Gasteiger partial charge >= 0.3 is 0 Å². The van der Waals surface area contributed by atoms with Gasteiger partial charge in [-0.25, -0.2) is 9.50 Å². The Morgan fingerprint density at radius 1 is 1.16 bits per heavy atom. The number of nitrogens with zero attached hydrogens (tertiary/aromatic N) is 5. The van der Waals surface area contributed by atoms with E-state index in [1.54, 1.807) is 12.3 Å². The van der Waals surface area contributed by atoms with Crippen LogP contribution in [0.25, 0.3) is 16.6 Å². The molecule has 0 saturated heterocycles. The molecule has 1 amide bonds. The molecule has 4 rings (SSSR count). The first-order valence-electron chi connectivity index (χ1n) is 9.90. The predicted octanol–water partition coefficient (Wildman–Crippen LogP) is 4.42. The summed E-state index contributed by atoms with van der Waals surface area (Å²) in [6.45, 7) is 3.61. The van der Waals surface area contributed by atoms with E-state index < -0.39 is 0 Å². The number of nitrogens with one attached hydrogen (secondary N) is 1. The monoisotopic (exact) mass is 410 g/mol. The number of carbonyl (C=O) groups is 1. The van der Waals surface area contributed by atoms with Gasteiger partial charge in [0.1, 0.15) is 11.9 Å². The minimum atomic E-state index is -0.0942. The van der Waals surface area contributed by atoms with Crippen molar-refractivity contribution in [3.63, 3.8) is 0 Å². The number of benzene rings is 1. The molecular weight excluding hydrogens is 388 g/mol. The molecule has 31 heavy (non-hydrogen) atoms. The Kier molecular flexibility index (Phi) is 5.37. The van der Waals surface area contributed by atoms with Gasteiger partial charge in [-0.15, -0.1) is 0 Å². The molecule has 1 N–H and O–H groups in total. The van der Waals surface area contributed by atoms with E-state index in [0.29, 0.717) is 5.56 Å². The maximum atomic E-state index is 11.2. The molecule has 0 bridgehead atoms. The van der Waals surface area contributed by atoms with E-state index in [0.717, 1.165) is 33.7 Å². The molecule has 0 aliphatic heterocycles. The summed E-state index contributed by atoms with van der Waals surface area (Å²) >= 11 is 0. The van der Waals surface area contributed by atoms with Gasteiger partial charge in [-0.05, 0) is 54.4 Å². The molecule has 1 unspecified atom stereocenters. The first-order chi connectivity index (χ1) is 15.0. The van der Waals surface area contributed by atoms with Crippen LogP contribution in [0.2, 0.25) is 0 Å². The Bertz CT molecular complexity index is 1270. The summed E-state index contributed by atoms with van der Waals surface area (Å²) in [5.74, 6) is 0.705. The van der Waals surface area contributed by atoms with Crippen LogP contribution in [0.3, 0.4) is 0 Å². The van der Waals surface area contributed by atoms with Gasteiger partial charge in [0, 0.05) is 37.6 Å². The molecule has 0 aliphatic carbocycles. The lowest BCUT2D eigenvalue weighted by Crippen LogP contribution is -2.22. The lowest BCUT2D eigenvalue weighted by molar-refractivity contribution is -0.114. The van der Waals surface area contributed by atoms with Crippen molar-refractivity contribution in [2.45, 2.75) is 19.9 Å². The topological polar surface area (TPSA) is 86.3 Å². The second kappa shape index (κ2) is 8.28. The molecule has 0 radical (unpaired) electrons. The van der Waals surface area contributed by atoms with Crippen LogP contribution in [0, 0.1) is 11.3 Å². The van der Waals surface area contributed by atoms with E-state index in [2.05, 4.69) is 45.4 Å². The molecule has 154 valence electrons. The Morgan fingerprint density at radius 2 is 1.94 bits per heavy atom. The minimum Gasteiger partial charge on any atom is -0.353 e. The summed E-state index contributed by atoms with van der Waals surface area (Å²) in [6, 6.07) is 17.7. The van der Waals surface area contributed by atoms with Gasteiger partial charge in [0.25, 0.3) is 0 Å². The van der Waals surface area contributed by atoms with Crippen molar-refractivity contribution in [3.8, 4) is 17.2 Å². The zero-order chi connectivity index (χ0) is 22.0. The number of fused-ring (bicyclic) bond motifs is 1. The van der Waals surface area contributed by atoms with Gasteiger partial charge in [-0.2, -0.15) is 10.4 Å². The summed E-state index contributed by atoms with van der Waals surface area (Å²) in [6.07, 6.45) is 5.39. The van der Waals surface area contributed by atoms with Crippen LogP contribution >= 0.6 is 0 Å². The third-order valence-corrected chi connectivity index (χ3v) is 5.36.